The molecule has 0 aromatic heterocycles. The minimum Gasteiger partial charge on any atom is -0.309 e. The third-order valence-corrected chi connectivity index (χ3v) is 4.12. The first kappa shape index (κ1) is 15.7. The molecule has 21 heavy (non-hydrogen) atoms. The molecule has 0 bridgehead atoms. The lowest BCUT2D eigenvalue weighted by Gasteiger charge is -2.08. The van der Waals surface area contributed by atoms with Crippen LogP contribution in [0.15, 0.2) is 47.4 Å². The first-order chi connectivity index (χ1) is 9.84. The van der Waals surface area contributed by atoms with Crippen molar-refractivity contribution in [3.63, 3.8) is 0 Å². The van der Waals surface area contributed by atoms with Crippen molar-refractivity contribution < 1.29 is 8.42 Å². The second-order valence-electron chi connectivity index (χ2n) is 5.29. The van der Waals surface area contributed by atoms with Crippen molar-refractivity contribution in [2.24, 2.45) is 5.14 Å². The zero-order valence-corrected chi connectivity index (χ0v) is 13.1. The Bertz CT molecular complexity index is 702. The SMILES string of the molecule is Cc1cc(C)cc(CNCc2ccc(S(N)(=O)=O)cc2)c1. The molecule has 2 aromatic carbocycles. The van der Waals surface area contributed by atoms with E-state index in [0.29, 0.717) is 6.54 Å². The van der Waals surface area contributed by atoms with Crippen LogP contribution in [0.3, 0.4) is 0 Å². The molecule has 4 nitrogen and oxygen atoms in total. The zero-order valence-electron chi connectivity index (χ0n) is 12.3. The van der Waals surface area contributed by atoms with E-state index in [-0.39, 0.29) is 4.90 Å². The van der Waals surface area contributed by atoms with Gasteiger partial charge < -0.3 is 5.32 Å². The predicted octanol–water partition coefficient (Wildman–Crippen LogP) is 2.24. The van der Waals surface area contributed by atoms with E-state index in [1.165, 1.54) is 28.8 Å². The van der Waals surface area contributed by atoms with Gasteiger partial charge in [-0.1, -0.05) is 41.5 Å². The van der Waals surface area contributed by atoms with E-state index in [1.807, 2.05) is 0 Å². The Morgan fingerprint density at radius 3 is 1.95 bits per heavy atom. The van der Waals surface area contributed by atoms with Crippen LogP contribution in [0.5, 0.6) is 0 Å². The van der Waals surface area contributed by atoms with Gasteiger partial charge in [0.25, 0.3) is 0 Å². The third kappa shape index (κ3) is 4.67. The van der Waals surface area contributed by atoms with Crippen LogP contribution in [0.25, 0.3) is 0 Å². The number of hydrogen-bond acceptors (Lipinski definition) is 3. The van der Waals surface area contributed by atoms with Gasteiger partial charge in [-0.05, 0) is 37.1 Å². The average Bonchev–Trinajstić information content (AvgIpc) is 2.37. The summed E-state index contributed by atoms with van der Waals surface area (Å²) in [7, 11) is -3.61. The largest absolute Gasteiger partial charge is 0.309 e. The molecule has 2 aromatic rings. The molecule has 5 heteroatoms. The summed E-state index contributed by atoms with van der Waals surface area (Å²) in [5.41, 5.74) is 4.77. The van der Waals surface area contributed by atoms with Gasteiger partial charge in [-0.3, -0.25) is 0 Å². The van der Waals surface area contributed by atoms with Gasteiger partial charge in [-0.2, -0.15) is 0 Å². The summed E-state index contributed by atoms with van der Waals surface area (Å²) in [5.74, 6) is 0. The molecule has 0 saturated carbocycles. The van der Waals surface area contributed by atoms with Crippen LogP contribution in [0, 0.1) is 13.8 Å². The van der Waals surface area contributed by atoms with Crippen LogP contribution < -0.4 is 10.5 Å². The Kier molecular flexibility index (Phi) is 4.77. The molecule has 0 spiro atoms. The van der Waals surface area contributed by atoms with E-state index >= 15 is 0 Å². The average molecular weight is 304 g/mol. The third-order valence-electron chi connectivity index (χ3n) is 3.19. The highest BCUT2D eigenvalue weighted by atomic mass is 32.2. The zero-order chi connectivity index (χ0) is 15.5. The summed E-state index contributed by atoms with van der Waals surface area (Å²) >= 11 is 0. The maximum absolute atomic E-state index is 11.2. The number of nitrogens with two attached hydrogens (primary N) is 1. The summed E-state index contributed by atoms with van der Waals surface area (Å²) in [6, 6.07) is 13.1. The standard InChI is InChI=1S/C16H20N2O2S/c1-12-7-13(2)9-15(8-12)11-18-10-14-3-5-16(6-4-14)21(17,19)20/h3-9,18H,10-11H2,1-2H3,(H2,17,19,20). The van der Waals surface area contributed by atoms with Crippen LogP contribution in [0.4, 0.5) is 0 Å². The number of primary sulfonamides is 1. The van der Waals surface area contributed by atoms with Crippen molar-refractivity contribution in [1.29, 1.82) is 0 Å². The molecule has 0 aliphatic rings. The van der Waals surface area contributed by atoms with Crippen molar-refractivity contribution in [2.75, 3.05) is 0 Å². The number of benzene rings is 2. The van der Waals surface area contributed by atoms with Gasteiger partial charge in [0.15, 0.2) is 0 Å². The minimum atomic E-state index is -3.61. The molecule has 0 fully saturated rings. The quantitative estimate of drug-likeness (QED) is 0.890. The number of sulfonamides is 1. The lowest BCUT2D eigenvalue weighted by atomic mass is 10.1. The highest BCUT2D eigenvalue weighted by Crippen LogP contribution is 2.10. The van der Waals surface area contributed by atoms with Crippen LogP contribution >= 0.6 is 0 Å². The van der Waals surface area contributed by atoms with Gasteiger partial charge in [0.2, 0.25) is 10.0 Å². The maximum atomic E-state index is 11.2. The van der Waals surface area contributed by atoms with Gasteiger partial charge in [0.05, 0.1) is 4.90 Å². The molecule has 0 aliphatic carbocycles. The van der Waals surface area contributed by atoms with Crippen molar-refractivity contribution in [1.82, 2.24) is 5.32 Å². The van der Waals surface area contributed by atoms with Gasteiger partial charge in [0, 0.05) is 13.1 Å². The smallest absolute Gasteiger partial charge is 0.238 e. The fraction of sp³-hybridized carbons (Fsp3) is 0.250. The van der Waals surface area contributed by atoms with Crippen molar-refractivity contribution in [2.45, 2.75) is 31.8 Å². The summed E-state index contributed by atoms with van der Waals surface area (Å²) in [5, 5.41) is 8.42. The lowest BCUT2D eigenvalue weighted by molar-refractivity contribution is 0.597. The van der Waals surface area contributed by atoms with E-state index < -0.39 is 10.0 Å². The molecule has 3 N–H and O–H groups in total. The first-order valence-electron chi connectivity index (χ1n) is 6.74. The number of hydrogen-bond donors (Lipinski definition) is 2. The Balaban J connectivity index is 1.94. The molecule has 2 rings (SSSR count). The van der Waals surface area contributed by atoms with Gasteiger partial charge >= 0.3 is 0 Å². The molecule has 0 heterocycles. The summed E-state index contributed by atoms with van der Waals surface area (Å²) in [6.45, 7) is 5.63. The van der Waals surface area contributed by atoms with Crippen LogP contribution in [0.1, 0.15) is 22.3 Å². The Morgan fingerprint density at radius 2 is 1.43 bits per heavy atom. The second-order valence-corrected chi connectivity index (χ2v) is 6.85. The van der Waals surface area contributed by atoms with Crippen LogP contribution in [-0.4, -0.2) is 8.42 Å². The molecule has 0 unspecified atom stereocenters. The lowest BCUT2D eigenvalue weighted by Crippen LogP contribution is -2.14. The highest BCUT2D eigenvalue weighted by Gasteiger charge is 2.06. The van der Waals surface area contributed by atoms with E-state index in [2.05, 4.69) is 37.4 Å². The van der Waals surface area contributed by atoms with Gasteiger partial charge in [-0.15, -0.1) is 0 Å². The minimum absolute atomic E-state index is 0.139. The van der Waals surface area contributed by atoms with Crippen molar-refractivity contribution in [3.05, 3.63) is 64.7 Å². The number of nitrogens with one attached hydrogen (secondary N) is 1. The van der Waals surface area contributed by atoms with E-state index in [4.69, 9.17) is 5.14 Å². The Labute approximate surface area is 126 Å². The normalized spacial score (nSPS) is 11.6. The fourth-order valence-electron chi connectivity index (χ4n) is 2.32. The molecule has 0 atom stereocenters. The van der Waals surface area contributed by atoms with E-state index in [9.17, 15) is 8.42 Å². The molecule has 0 amide bonds. The molecule has 0 aliphatic heterocycles. The predicted molar refractivity (Wildman–Crippen MR) is 84.3 cm³/mol. The molecular formula is C16H20N2O2S. The number of rotatable bonds is 5. The number of aryl methyl sites for hydroxylation is 2. The maximum Gasteiger partial charge on any atom is 0.238 e. The van der Waals surface area contributed by atoms with Crippen LogP contribution in [-0.2, 0) is 23.1 Å². The van der Waals surface area contributed by atoms with Crippen LogP contribution in [0.2, 0.25) is 0 Å². The Hall–Kier alpha value is -1.69. The Morgan fingerprint density at radius 1 is 0.905 bits per heavy atom. The fourth-order valence-corrected chi connectivity index (χ4v) is 2.83. The monoisotopic (exact) mass is 304 g/mol. The first-order valence-corrected chi connectivity index (χ1v) is 8.29. The van der Waals surface area contributed by atoms with Gasteiger partial charge in [-0.25, -0.2) is 13.6 Å². The molecule has 0 radical (unpaired) electrons. The molecule has 112 valence electrons. The molecular weight excluding hydrogens is 284 g/mol. The summed E-state index contributed by atoms with van der Waals surface area (Å²) in [4.78, 5) is 0.139. The van der Waals surface area contributed by atoms with E-state index in [1.54, 1.807) is 12.1 Å². The van der Waals surface area contributed by atoms with Crippen molar-refractivity contribution >= 4 is 10.0 Å². The van der Waals surface area contributed by atoms with E-state index in [0.717, 1.165) is 12.1 Å². The topological polar surface area (TPSA) is 72.2 Å². The van der Waals surface area contributed by atoms with Gasteiger partial charge in [0.1, 0.15) is 0 Å². The second kappa shape index (κ2) is 6.39. The summed E-state index contributed by atoms with van der Waals surface area (Å²) in [6.07, 6.45) is 0. The summed E-state index contributed by atoms with van der Waals surface area (Å²) < 4.78 is 22.3. The molecule has 0 saturated heterocycles. The van der Waals surface area contributed by atoms with Crippen molar-refractivity contribution in [3.8, 4) is 0 Å². The highest BCUT2D eigenvalue weighted by molar-refractivity contribution is 7.89.